The first kappa shape index (κ1) is 15.4. The van der Waals surface area contributed by atoms with E-state index < -0.39 is 11.2 Å². The van der Waals surface area contributed by atoms with Crippen molar-refractivity contribution in [1.29, 1.82) is 0 Å². The summed E-state index contributed by atoms with van der Waals surface area (Å²) in [7, 11) is 0. The quantitative estimate of drug-likeness (QED) is 0.685. The molecule has 6 N–H and O–H groups in total. The minimum Gasteiger partial charge on any atom is -0.397 e. The van der Waals surface area contributed by atoms with Crippen LogP contribution in [0.1, 0.15) is 49.9 Å². The third-order valence-corrected chi connectivity index (χ3v) is 5.41. The molecule has 0 spiro atoms. The highest BCUT2D eigenvalue weighted by Gasteiger charge is 2.40. The highest BCUT2D eigenvalue weighted by Crippen LogP contribution is 2.44. The number of nitrogen functional groups attached to an aromatic ring is 2. The van der Waals surface area contributed by atoms with E-state index in [1.54, 1.807) is 24.5 Å². The van der Waals surface area contributed by atoms with Crippen molar-refractivity contribution in [3.05, 3.63) is 35.9 Å². The highest BCUT2D eigenvalue weighted by atomic mass is 16.3. The second-order valence-electron chi connectivity index (χ2n) is 7.09. The fraction of sp³-hybridized carbons (Fsp3) is 0.444. The Balaban J connectivity index is 1.67. The Morgan fingerprint density at radius 2 is 1.12 bits per heavy atom. The number of hydrogen-bond acceptors (Lipinski definition) is 6. The molecule has 2 aromatic heterocycles. The van der Waals surface area contributed by atoms with Crippen LogP contribution in [0.25, 0.3) is 11.1 Å². The first-order valence-electron chi connectivity index (χ1n) is 8.38. The van der Waals surface area contributed by atoms with E-state index in [-0.39, 0.29) is 0 Å². The molecule has 6 nitrogen and oxygen atoms in total. The second kappa shape index (κ2) is 5.16. The van der Waals surface area contributed by atoms with Crippen molar-refractivity contribution < 1.29 is 10.2 Å². The minimum atomic E-state index is -0.878. The average molecular weight is 326 g/mol. The number of nitrogens with two attached hydrogens (primary N) is 2. The smallest absolute Gasteiger partial charge is 0.109 e. The summed E-state index contributed by atoms with van der Waals surface area (Å²) >= 11 is 0. The summed E-state index contributed by atoms with van der Waals surface area (Å²) in [5.74, 6) is 0. The molecular formula is C18H22N4O2. The molecule has 0 aromatic carbocycles. The van der Waals surface area contributed by atoms with Crippen molar-refractivity contribution in [1.82, 2.24) is 9.97 Å². The molecule has 2 fully saturated rings. The number of nitrogens with zero attached hydrogens (tertiary/aromatic N) is 2. The van der Waals surface area contributed by atoms with Crippen LogP contribution >= 0.6 is 0 Å². The van der Waals surface area contributed by atoms with Gasteiger partial charge in [-0.05, 0) is 50.7 Å². The molecule has 0 saturated heterocycles. The molecule has 0 unspecified atom stereocenters. The fourth-order valence-electron chi connectivity index (χ4n) is 3.55. The molecule has 126 valence electrons. The van der Waals surface area contributed by atoms with E-state index in [1.165, 1.54) is 0 Å². The Bertz CT molecular complexity index is 730. The van der Waals surface area contributed by atoms with Crippen LogP contribution < -0.4 is 11.5 Å². The number of aliphatic hydroxyl groups is 2. The molecule has 24 heavy (non-hydrogen) atoms. The number of aromatic nitrogens is 2. The standard InChI is InChI=1S/C18H22N4O2/c19-13-7-11(9-21-15(13)17(23)3-1-4-17)12-8-14(20)16(22-10-12)18(24)5-2-6-18/h7-10,23-24H,1-6,19-20H2. The van der Waals surface area contributed by atoms with Crippen molar-refractivity contribution in [3.63, 3.8) is 0 Å². The molecule has 6 heteroatoms. The minimum absolute atomic E-state index is 0.481. The molecule has 2 heterocycles. The Morgan fingerprint density at radius 1 is 0.750 bits per heavy atom. The topological polar surface area (TPSA) is 118 Å². The van der Waals surface area contributed by atoms with E-state index in [0.717, 1.165) is 24.0 Å². The van der Waals surface area contributed by atoms with Gasteiger partial charge in [-0.15, -0.1) is 0 Å². The molecule has 2 aliphatic rings. The molecule has 2 aliphatic carbocycles. The molecule has 0 atom stereocenters. The molecule has 0 radical (unpaired) electrons. The van der Waals surface area contributed by atoms with E-state index in [1.807, 2.05) is 0 Å². The van der Waals surface area contributed by atoms with Gasteiger partial charge in [0.25, 0.3) is 0 Å². The van der Waals surface area contributed by atoms with E-state index in [0.29, 0.717) is 48.4 Å². The summed E-state index contributed by atoms with van der Waals surface area (Å²) in [6.45, 7) is 0. The van der Waals surface area contributed by atoms with Gasteiger partial charge in [-0.3, -0.25) is 9.97 Å². The van der Waals surface area contributed by atoms with Crippen LogP contribution in [-0.4, -0.2) is 20.2 Å². The van der Waals surface area contributed by atoms with Crippen LogP contribution in [0.2, 0.25) is 0 Å². The molecule has 2 saturated carbocycles. The SMILES string of the molecule is Nc1cc(-c2cnc(C3(O)CCC3)c(N)c2)cnc1C1(O)CCC1. The van der Waals surface area contributed by atoms with Crippen LogP contribution in [0.15, 0.2) is 24.5 Å². The molecule has 0 amide bonds. The lowest BCUT2D eigenvalue weighted by molar-refractivity contribution is -0.0422. The average Bonchev–Trinajstić information content (AvgIpc) is 2.50. The lowest BCUT2D eigenvalue weighted by atomic mass is 9.76. The third-order valence-electron chi connectivity index (χ3n) is 5.41. The van der Waals surface area contributed by atoms with Gasteiger partial charge in [0, 0.05) is 23.5 Å². The van der Waals surface area contributed by atoms with Crippen molar-refractivity contribution in [2.24, 2.45) is 0 Å². The number of rotatable bonds is 3. The largest absolute Gasteiger partial charge is 0.397 e. The summed E-state index contributed by atoms with van der Waals surface area (Å²) in [4.78, 5) is 8.77. The van der Waals surface area contributed by atoms with Gasteiger partial charge in [-0.25, -0.2) is 0 Å². The normalized spacial score (nSPS) is 20.9. The predicted octanol–water partition coefficient (Wildman–Crippen LogP) is 2.05. The van der Waals surface area contributed by atoms with E-state index in [4.69, 9.17) is 11.5 Å². The van der Waals surface area contributed by atoms with Crippen LogP contribution in [0.3, 0.4) is 0 Å². The van der Waals surface area contributed by atoms with Gasteiger partial charge in [-0.2, -0.15) is 0 Å². The molecular weight excluding hydrogens is 304 g/mol. The Hall–Kier alpha value is -2.18. The van der Waals surface area contributed by atoms with Crippen LogP contribution in [0.5, 0.6) is 0 Å². The summed E-state index contributed by atoms with van der Waals surface area (Å²) < 4.78 is 0. The Labute approximate surface area is 140 Å². The third kappa shape index (κ3) is 2.25. The lowest BCUT2D eigenvalue weighted by Gasteiger charge is -2.37. The number of hydrogen-bond donors (Lipinski definition) is 4. The molecule has 0 aliphatic heterocycles. The first-order valence-corrected chi connectivity index (χ1v) is 8.38. The van der Waals surface area contributed by atoms with Crippen LogP contribution in [-0.2, 0) is 11.2 Å². The molecule has 4 rings (SSSR count). The monoisotopic (exact) mass is 326 g/mol. The van der Waals surface area contributed by atoms with E-state index in [9.17, 15) is 10.2 Å². The van der Waals surface area contributed by atoms with Crippen molar-refractivity contribution in [3.8, 4) is 11.1 Å². The fourth-order valence-corrected chi connectivity index (χ4v) is 3.55. The first-order chi connectivity index (χ1) is 11.4. The zero-order valence-electron chi connectivity index (χ0n) is 13.5. The molecule has 2 aromatic rings. The Morgan fingerprint density at radius 3 is 1.38 bits per heavy atom. The van der Waals surface area contributed by atoms with Crippen LogP contribution in [0, 0.1) is 0 Å². The van der Waals surface area contributed by atoms with Gasteiger partial charge in [-0.1, -0.05) is 0 Å². The number of anilines is 2. The van der Waals surface area contributed by atoms with Gasteiger partial charge in [0.1, 0.15) is 11.2 Å². The summed E-state index contributed by atoms with van der Waals surface area (Å²) in [5.41, 5.74) is 14.1. The van der Waals surface area contributed by atoms with E-state index in [2.05, 4.69) is 9.97 Å². The maximum absolute atomic E-state index is 10.4. The number of pyridine rings is 2. The van der Waals surface area contributed by atoms with Gasteiger partial charge >= 0.3 is 0 Å². The van der Waals surface area contributed by atoms with Crippen molar-refractivity contribution in [2.75, 3.05) is 11.5 Å². The highest BCUT2D eigenvalue weighted by molar-refractivity contribution is 5.70. The summed E-state index contributed by atoms with van der Waals surface area (Å²) in [6.07, 6.45) is 8.16. The van der Waals surface area contributed by atoms with Gasteiger partial charge in [0.05, 0.1) is 22.8 Å². The Kier molecular flexibility index (Phi) is 3.30. The van der Waals surface area contributed by atoms with Crippen molar-refractivity contribution >= 4 is 11.4 Å². The maximum Gasteiger partial charge on any atom is 0.109 e. The van der Waals surface area contributed by atoms with Gasteiger partial charge in [0.15, 0.2) is 0 Å². The van der Waals surface area contributed by atoms with E-state index >= 15 is 0 Å². The van der Waals surface area contributed by atoms with Crippen molar-refractivity contribution in [2.45, 2.75) is 49.7 Å². The predicted molar refractivity (Wildman–Crippen MR) is 91.8 cm³/mol. The zero-order chi connectivity index (χ0) is 16.9. The van der Waals surface area contributed by atoms with Gasteiger partial charge in [0.2, 0.25) is 0 Å². The van der Waals surface area contributed by atoms with Gasteiger partial charge < -0.3 is 21.7 Å². The van der Waals surface area contributed by atoms with Crippen LogP contribution in [0.4, 0.5) is 11.4 Å². The maximum atomic E-state index is 10.4. The lowest BCUT2D eigenvalue weighted by Crippen LogP contribution is -2.35. The molecule has 0 bridgehead atoms. The summed E-state index contributed by atoms with van der Waals surface area (Å²) in [5, 5.41) is 20.8. The zero-order valence-corrected chi connectivity index (χ0v) is 13.5. The summed E-state index contributed by atoms with van der Waals surface area (Å²) in [6, 6.07) is 3.60. The second-order valence-corrected chi connectivity index (χ2v) is 7.09.